The average Bonchev–Trinajstić information content (AvgIpc) is 2.93. The zero-order valence-electron chi connectivity index (χ0n) is 10.7. The molecule has 0 aliphatic heterocycles. The van der Waals surface area contributed by atoms with Crippen molar-refractivity contribution in [3.63, 3.8) is 0 Å². The maximum absolute atomic E-state index is 10.7. The van der Waals surface area contributed by atoms with Crippen LogP contribution < -0.4 is 5.32 Å². The van der Waals surface area contributed by atoms with Gasteiger partial charge in [0.15, 0.2) is 0 Å². The number of benzene rings is 1. The summed E-state index contributed by atoms with van der Waals surface area (Å²) in [5.74, 6) is 0. The second-order valence-electron chi connectivity index (χ2n) is 4.23. The lowest BCUT2D eigenvalue weighted by Gasteiger charge is -2.06. The molecular weight excluding hydrogens is 282 g/mol. The van der Waals surface area contributed by atoms with E-state index in [9.17, 15) is 10.1 Å². The minimum Gasteiger partial charge on any atom is -0.313 e. The Labute approximate surface area is 120 Å². The van der Waals surface area contributed by atoms with Gasteiger partial charge >= 0.3 is 0 Å². The van der Waals surface area contributed by atoms with E-state index in [1.54, 1.807) is 23.1 Å². The largest absolute Gasteiger partial charge is 0.313 e. The van der Waals surface area contributed by atoms with E-state index in [1.165, 1.54) is 12.1 Å². The third-order valence-corrected chi connectivity index (χ3v) is 3.14. The second-order valence-corrected chi connectivity index (χ2v) is 4.64. The number of hydrogen-bond acceptors (Lipinski definition) is 5. The fourth-order valence-corrected chi connectivity index (χ4v) is 1.94. The molecule has 0 radical (unpaired) electrons. The Balaban J connectivity index is 1.78. The molecule has 7 nitrogen and oxygen atoms in total. The molecule has 1 aromatic carbocycles. The Kier molecular flexibility index (Phi) is 5.03. The monoisotopic (exact) mass is 295 g/mol. The van der Waals surface area contributed by atoms with Gasteiger partial charge in [-0.15, -0.1) is 5.10 Å². The van der Waals surface area contributed by atoms with Gasteiger partial charge in [0.25, 0.3) is 5.69 Å². The van der Waals surface area contributed by atoms with Crippen LogP contribution in [0, 0.1) is 10.1 Å². The lowest BCUT2D eigenvalue weighted by molar-refractivity contribution is -0.384. The molecule has 0 amide bonds. The molecule has 2 aromatic rings. The van der Waals surface area contributed by atoms with Gasteiger partial charge in [-0.3, -0.25) is 14.8 Å². The molecule has 20 heavy (non-hydrogen) atoms. The van der Waals surface area contributed by atoms with Crippen LogP contribution in [0.2, 0.25) is 5.02 Å². The predicted octanol–water partition coefficient (Wildman–Crippen LogP) is 2.02. The zero-order valence-corrected chi connectivity index (χ0v) is 11.5. The molecule has 0 saturated heterocycles. The molecule has 0 saturated carbocycles. The molecule has 2 rings (SSSR count). The van der Waals surface area contributed by atoms with Crippen LogP contribution in [0.5, 0.6) is 0 Å². The van der Waals surface area contributed by atoms with Gasteiger partial charge in [0.05, 0.1) is 11.1 Å². The first-order valence-electron chi connectivity index (χ1n) is 6.14. The van der Waals surface area contributed by atoms with Crippen LogP contribution in [0.25, 0.3) is 0 Å². The van der Waals surface area contributed by atoms with Crippen molar-refractivity contribution in [2.24, 2.45) is 0 Å². The Morgan fingerprint density at radius 3 is 3.00 bits per heavy atom. The molecule has 0 bridgehead atoms. The number of nitrogens with zero attached hydrogens (tertiary/aromatic N) is 4. The van der Waals surface area contributed by atoms with Crippen molar-refractivity contribution in [1.82, 2.24) is 20.3 Å². The second kappa shape index (κ2) is 6.97. The van der Waals surface area contributed by atoms with Gasteiger partial charge in [0.2, 0.25) is 0 Å². The fourth-order valence-electron chi connectivity index (χ4n) is 1.75. The summed E-state index contributed by atoms with van der Waals surface area (Å²) in [6.45, 7) is 2.03. The van der Waals surface area contributed by atoms with Crippen LogP contribution in [0.15, 0.2) is 30.6 Å². The van der Waals surface area contributed by atoms with Crippen LogP contribution >= 0.6 is 11.6 Å². The molecule has 0 unspecified atom stereocenters. The topological polar surface area (TPSA) is 85.9 Å². The van der Waals surface area contributed by atoms with E-state index in [2.05, 4.69) is 15.6 Å². The van der Waals surface area contributed by atoms with Gasteiger partial charge in [0, 0.05) is 36.4 Å². The van der Waals surface area contributed by atoms with Crippen LogP contribution in [-0.2, 0) is 13.1 Å². The predicted molar refractivity (Wildman–Crippen MR) is 74.5 cm³/mol. The normalized spacial score (nSPS) is 10.7. The molecule has 8 heteroatoms. The smallest absolute Gasteiger partial charge is 0.269 e. The molecule has 0 fully saturated rings. The van der Waals surface area contributed by atoms with Crippen molar-refractivity contribution in [3.8, 4) is 0 Å². The van der Waals surface area contributed by atoms with E-state index in [-0.39, 0.29) is 5.69 Å². The number of non-ortho nitro benzene ring substituents is 1. The maximum atomic E-state index is 10.7. The highest BCUT2D eigenvalue weighted by Crippen LogP contribution is 2.21. The van der Waals surface area contributed by atoms with Gasteiger partial charge in [-0.25, -0.2) is 0 Å². The van der Waals surface area contributed by atoms with Crippen molar-refractivity contribution >= 4 is 17.3 Å². The number of aromatic nitrogens is 3. The zero-order chi connectivity index (χ0) is 14.4. The van der Waals surface area contributed by atoms with Crippen molar-refractivity contribution in [3.05, 3.63) is 51.3 Å². The summed E-state index contributed by atoms with van der Waals surface area (Å²) in [4.78, 5) is 10.3. The van der Waals surface area contributed by atoms with E-state index < -0.39 is 4.92 Å². The van der Waals surface area contributed by atoms with Crippen molar-refractivity contribution < 1.29 is 4.92 Å². The molecule has 1 aromatic heterocycles. The van der Waals surface area contributed by atoms with Crippen LogP contribution in [0.4, 0.5) is 5.69 Å². The third-order valence-electron chi connectivity index (χ3n) is 2.77. The summed E-state index contributed by atoms with van der Waals surface area (Å²) >= 11 is 6.01. The van der Waals surface area contributed by atoms with Gasteiger partial charge in [0.1, 0.15) is 0 Å². The summed E-state index contributed by atoms with van der Waals surface area (Å²) in [7, 11) is 0. The van der Waals surface area contributed by atoms with Crippen molar-refractivity contribution in [1.29, 1.82) is 0 Å². The van der Waals surface area contributed by atoms with E-state index in [1.807, 2.05) is 0 Å². The fraction of sp³-hybridized carbons (Fsp3) is 0.333. The number of nitro benzene ring substituents is 1. The standard InChI is InChI=1S/C12H14ClN5O2/c13-12-3-2-11(18(19)20)8-10(12)9-14-4-1-6-17-7-5-15-16-17/h2-3,5,7-8,14H,1,4,6,9H2. The van der Waals surface area contributed by atoms with Crippen LogP contribution in [0.3, 0.4) is 0 Å². The Hall–Kier alpha value is -1.99. The minimum absolute atomic E-state index is 0.0498. The number of hydrogen-bond donors (Lipinski definition) is 1. The molecule has 1 N–H and O–H groups in total. The van der Waals surface area contributed by atoms with Crippen molar-refractivity contribution in [2.75, 3.05) is 6.54 Å². The molecular formula is C12H14ClN5O2. The molecule has 0 aliphatic carbocycles. The molecule has 0 atom stereocenters. The number of nitrogens with one attached hydrogen (secondary N) is 1. The Morgan fingerprint density at radius 2 is 2.30 bits per heavy atom. The highest BCUT2D eigenvalue weighted by atomic mass is 35.5. The summed E-state index contributed by atoms with van der Waals surface area (Å²) < 4.78 is 1.75. The van der Waals surface area contributed by atoms with E-state index >= 15 is 0 Å². The first-order valence-corrected chi connectivity index (χ1v) is 6.52. The average molecular weight is 296 g/mol. The van der Waals surface area contributed by atoms with Crippen LogP contribution in [0.1, 0.15) is 12.0 Å². The maximum Gasteiger partial charge on any atom is 0.269 e. The SMILES string of the molecule is O=[N+]([O-])c1ccc(Cl)c(CNCCCn2ccnn2)c1. The quantitative estimate of drug-likeness (QED) is 0.480. The highest BCUT2D eigenvalue weighted by Gasteiger charge is 2.09. The number of halogens is 1. The molecule has 106 valence electrons. The van der Waals surface area contributed by atoms with Gasteiger partial charge in [-0.1, -0.05) is 16.8 Å². The lowest BCUT2D eigenvalue weighted by Crippen LogP contribution is -2.17. The van der Waals surface area contributed by atoms with Gasteiger partial charge < -0.3 is 5.32 Å². The molecule has 0 aliphatic rings. The summed E-state index contributed by atoms with van der Waals surface area (Å²) in [6.07, 6.45) is 4.32. The minimum atomic E-state index is -0.426. The summed E-state index contributed by atoms with van der Waals surface area (Å²) in [5.41, 5.74) is 0.774. The summed E-state index contributed by atoms with van der Waals surface area (Å²) in [5, 5.41) is 22.0. The summed E-state index contributed by atoms with van der Waals surface area (Å²) in [6, 6.07) is 4.44. The molecule has 0 spiro atoms. The van der Waals surface area contributed by atoms with E-state index in [0.29, 0.717) is 11.6 Å². The highest BCUT2D eigenvalue weighted by molar-refractivity contribution is 6.31. The molecule has 1 heterocycles. The van der Waals surface area contributed by atoms with Crippen molar-refractivity contribution in [2.45, 2.75) is 19.5 Å². The third kappa shape index (κ3) is 4.01. The number of aryl methyl sites for hydroxylation is 1. The van der Waals surface area contributed by atoms with Gasteiger partial charge in [-0.2, -0.15) is 0 Å². The van der Waals surface area contributed by atoms with E-state index in [0.717, 1.165) is 25.1 Å². The number of nitro groups is 1. The number of rotatable bonds is 7. The lowest BCUT2D eigenvalue weighted by atomic mass is 10.2. The van der Waals surface area contributed by atoms with Gasteiger partial charge in [-0.05, 0) is 24.6 Å². The first-order chi connectivity index (χ1) is 9.66. The Morgan fingerprint density at radius 1 is 1.45 bits per heavy atom. The first kappa shape index (κ1) is 14.4. The Bertz CT molecular complexity index is 573. The van der Waals surface area contributed by atoms with E-state index in [4.69, 9.17) is 11.6 Å². The van der Waals surface area contributed by atoms with Crippen LogP contribution in [-0.4, -0.2) is 26.5 Å².